The molecule has 0 fully saturated rings. The maximum atomic E-state index is 5.69. The molecule has 0 amide bonds. The van der Waals surface area contributed by atoms with Crippen molar-refractivity contribution in [3.63, 3.8) is 0 Å². The molecule has 0 rings (SSSR count). The minimum absolute atomic E-state index is 0.326. The van der Waals surface area contributed by atoms with Gasteiger partial charge in [-0.3, -0.25) is 0 Å². The summed E-state index contributed by atoms with van der Waals surface area (Å²) in [7, 11) is -0.482. The lowest BCUT2D eigenvalue weighted by atomic mass is 10.5. The van der Waals surface area contributed by atoms with Gasteiger partial charge in [0, 0.05) is 13.2 Å². The van der Waals surface area contributed by atoms with E-state index in [2.05, 4.69) is 20.4 Å². The van der Waals surface area contributed by atoms with Crippen LogP contribution in [-0.2, 0) is 9.47 Å². The summed E-state index contributed by atoms with van der Waals surface area (Å²) in [4.78, 5) is 0. The number of hydrogen-bond acceptors (Lipinski definition) is 2. The second-order valence-electron chi connectivity index (χ2n) is 3.32. The summed E-state index contributed by atoms with van der Waals surface area (Å²) in [5.41, 5.74) is 1.65. The van der Waals surface area contributed by atoms with E-state index in [0.717, 1.165) is 26.1 Å². The zero-order valence-corrected chi connectivity index (χ0v) is 10.6. The SMILES string of the molecule is C=C[SiH2]C(C)(OCCC)OCCC. The quantitative estimate of drug-likeness (QED) is 0.441. The lowest BCUT2D eigenvalue weighted by Crippen LogP contribution is -2.39. The Morgan fingerprint density at radius 3 is 2.00 bits per heavy atom. The highest BCUT2D eigenvalue weighted by Crippen LogP contribution is 2.12. The van der Waals surface area contributed by atoms with Crippen molar-refractivity contribution in [1.29, 1.82) is 0 Å². The molecule has 13 heavy (non-hydrogen) atoms. The van der Waals surface area contributed by atoms with Crippen LogP contribution in [0, 0.1) is 0 Å². The van der Waals surface area contributed by atoms with Gasteiger partial charge in [-0.25, -0.2) is 0 Å². The Hall–Kier alpha value is -0.123. The van der Waals surface area contributed by atoms with Gasteiger partial charge in [-0.1, -0.05) is 13.8 Å². The second kappa shape index (κ2) is 7.30. The van der Waals surface area contributed by atoms with Gasteiger partial charge in [0.25, 0.3) is 0 Å². The molecule has 78 valence electrons. The molecule has 0 N–H and O–H groups in total. The lowest BCUT2D eigenvalue weighted by molar-refractivity contribution is -0.168. The molecule has 0 bridgehead atoms. The monoisotopic (exact) mass is 202 g/mol. The predicted octanol–water partition coefficient (Wildman–Crippen LogP) is 1.83. The van der Waals surface area contributed by atoms with Crippen LogP contribution in [0.3, 0.4) is 0 Å². The van der Waals surface area contributed by atoms with E-state index < -0.39 is 9.52 Å². The first-order valence-electron chi connectivity index (χ1n) is 5.07. The third-order valence-corrected chi connectivity index (χ3v) is 3.18. The summed E-state index contributed by atoms with van der Waals surface area (Å²) in [6, 6.07) is 0. The fourth-order valence-electron chi connectivity index (χ4n) is 1.06. The van der Waals surface area contributed by atoms with E-state index in [1.54, 1.807) is 0 Å². The van der Waals surface area contributed by atoms with E-state index in [-0.39, 0.29) is 5.41 Å². The van der Waals surface area contributed by atoms with Crippen LogP contribution in [0.2, 0.25) is 0 Å². The predicted molar refractivity (Wildman–Crippen MR) is 59.6 cm³/mol. The minimum atomic E-state index is -0.482. The summed E-state index contributed by atoms with van der Waals surface area (Å²) in [6.07, 6.45) is 2.08. The second-order valence-corrected chi connectivity index (χ2v) is 5.59. The fraction of sp³-hybridized carbons (Fsp3) is 0.800. The van der Waals surface area contributed by atoms with Crippen LogP contribution in [0.15, 0.2) is 12.3 Å². The maximum absolute atomic E-state index is 5.69. The number of ether oxygens (including phenoxy) is 2. The third kappa shape index (κ3) is 6.02. The van der Waals surface area contributed by atoms with Gasteiger partial charge in [0.2, 0.25) is 0 Å². The molecule has 0 aromatic rings. The normalized spacial score (nSPS) is 12.5. The van der Waals surface area contributed by atoms with Crippen molar-refractivity contribution in [1.82, 2.24) is 0 Å². The molecule has 0 radical (unpaired) electrons. The largest absolute Gasteiger partial charge is 0.354 e. The highest BCUT2D eigenvalue weighted by atomic mass is 28.2. The van der Waals surface area contributed by atoms with Crippen molar-refractivity contribution in [2.75, 3.05) is 13.2 Å². The van der Waals surface area contributed by atoms with E-state index in [0.29, 0.717) is 0 Å². The van der Waals surface area contributed by atoms with Crippen LogP contribution in [-0.4, -0.2) is 28.1 Å². The number of rotatable bonds is 8. The summed E-state index contributed by atoms with van der Waals surface area (Å²) in [6.45, 7) is 11.6. The highest BCUT2D eigenvalue weighted by molar-refractivity contribution is 6.44. The van der Waals surface area contributed by atoms with Gasteiger partial charge in [0.05, 0.1) is 0 Å². The van der Waals surface area contributed by atoms with Gasteiger partial charge in [0.1, 0.15) is 14.9 Å². The van der Waals surface area contributed by atoms with Crippen molar-refractivity contribution in [2.24, 2.45) is 0 Å². The van der Waals surface area contributed by atoms with E-state index in [1.165, 1.54) is 0 Å². The third-order valence-electron chi connectivity index (χ3n) is 1.74. The first-order valence-corrected chi connectivity index (χ1v) is 6.59. The molecule has 3 heteroatoms. The molecular formula is C10H22O2Si. The topological polar surface area (TPSA) is 18.5 Å². The standard InChI is InChI=1S/C10H22O2Si/c1-5-8-11-10(4,13-7-3)12-9-6-2/h7H,3,5-6,8-9,13H2,1-2,4H3. The first kappa shape index (κ1) is 12.9. The van der Waals surface area contributed by atoms with Crippen LogP contribution >= 0.6 is 0 Å². The smallest absolute Gasteiger partial charge is 0.146 e. The zero-order valence-electron chi connectivity index (χ0n) is 9.14. The van der Waals surface area contributed by atoms with E-state index in [9.17, 15) is 0 Å². The van der Waals surface area contributed by atoms with Crippen molar-refractivity contribution < 1.29 is 9.47 Å². The molecule has 0 aromatic carbocycles. The molecular weight excluding hydrogens is 180 g/mol. The molecule has 0 aliphatic heterocycles. The Labute approximate surface area is 84.1 Å². The average Bonchev–Trinajstić information content (AvgIpc) is 2.12. The Kier molecular flexibility index (Phi) is 7.23. The molecule has 0 saturated heterocycles. The van der Waals surface area contributed by atoms with Crippen molar-refractivity contribution in [3.8, 4) is 0 Å². The molecule has 0 heterocycles. The Balaban J connectivity index is 3.90. The Morgan fingerprint density at radius 2 is 1.69 bits per heavy atom. The van der Waals surface area contributed by atoms with Crippen LogP contribution in [0.25, 0.3) is 0 Å². The Bertz CT molecular complexity index is 129. The van der Waals surface area contributed by atoms with Crippen LogP contribution < -0.4 is 0 Å². The molecule has 0 unspecified atom stereocenters. The van der Waals surface area contributed by atoms with Crippen LogP contribution in [0.1, 0.15) is 33.6 Å². The van der Waals surface area contributed by atoms with Crippen LogP contribution in [0.4, 0.5) is 0 Å². The van der Waals surface area contributed by atoms with Crippen molar-refractivity contribution >= 4 is 9.52 Å². The van der Waals surface area contributed by atoms with Gasteiger partial charge >= 0.3 is 0 Å². The van der Waals surface area contributed by atoms with E-state index in [1.807, 2.05) is 12.6 Å². The maximum Gasteiger partial charge on any atom is 0.146 e. The molecule has 0 atom stereocenters. The molecule has 0 aliphatic rings. The molecule has 2 nitrogen and oxygen atoms in total. The molecule has 0 spiro atoms. The summed E-state index contributed by atoms with van der Waals surface area (Å²) in [5.74, 6) is 0. The highest BCUT2D eigenvalue weighted by Gasteiger charge is 2.23. The van der Waals surface area contributed by atoms with Gasteiger partial charge < -0.3 is 9.47 Å². The summed E-state index contributed by atoms with van der Waals surface area (Å²) < 4.78 is 11.4. The van der Waals surface area contributed by atoms with Gasteiger partial charge in [-0.2, -0.15) is 0 Å². The van der Waals surface area contributed by atoms with Gasteiger partial charge in [0.15, 0.2) is 0 Å². The molecule has 0 saturated carbocycles. The summed E-state index contributed by atoms with van der Waals surface area (Å²) >= 11 is 0. The first-order chi connectivity index (χ1) is 6.18. The number of hydrogen-bond donors (Lipinski definition) is 0. The molecule has 0 aromatic heterocycles. The Morgan fingerprint density at radius 1 is 1.23 bits per heavy atom. The van der Waals surface area contributed by atoms with E-state index >= 15 is 0 Å². The van der Waals surface area contributed by atoms with E-state index in [4.69, 9.17) is 9.47 Å². The fourth-order valence-corrected chi connectivity index (χ4v) is 2.11. The average molecular weight is 202 g/mol. The van der Waals surface area contributed by atoms with Gasteiger partial charge in [-0.15, -0.1) is 12.3 Å². The van der Waals surface area contributed by atoms with Crippen molar-refractivity contribution in [2.45, 2.75) is 39.0 Å². The molecule has 0 aliphatic carbocycles. The minimum Gasteiger partial charge on any atom is -0.354 e. The van der Waals surface area contributed by atoms with Crippen molar-refractivity contribution in [3.05, 3.63) is 12.3 Å². The zero-order chi connectivity index (χ0) is 10.2. The summed E-state index contributed by atoms with van der Waals surface area (Å²) in [5, 5.41) is 0. The lowest BCUT2D eigenvalue weighted by Gasteiger charge is -2.28. The van der Waals surface area contributed by atoms with Gasteiger partial charge in [-0.05, 0) is 19.8 Å². The van der Waals surface area contributed by atoms with Crippen LogP contribution in [0.5, 0.6) is 0 Å².